The van der Waals surface area contributed by atoms with E-state index in [0.717, 1.165) is 32.4 Å². The van der Waals surface area contributed by atoms with Crippen molar-refractivity contribution in [1.29, 1.82) is 0 Å². The lowest BCUT2D eigenvalue weighted by molar-refractivity contribution is -0.136. The molecule has 0 aliphatic carbocycles. The van der Waals surface area contributed by atoms with Crippen LogP contribution in [0.1, 0.15) is 26.2 Å². The SMILES string of the molecule is CCCNC(=O)CN(C)C(=O)CN1CCC(C2OCCO2)CC1. The highest BCUT2D eigenvalue weighted by molar-refractivity contribution is 5.85. The van der Waals surface area contributed by atoms with Crippen LogP contribution in [0.3, 0.4) is 0 Å². The Bertz CT molecular complexity index is 391. The number of amides is 2. The van der Waals surface area contributed by atoms with Gasteiger partial charge in [0.1, 0.15) is 0 Å². The monoisotopic (exact) mass is 327 g/mol. The molecule has 0 spiro atoms. The van der Waals surface area contributed by atoms with Crippen LogP contribution < -0.4 is 5.32 Å². The lowest BCUT2D eigenvalue weighted by Gasteiger charge is -2.34. The van der Waals surface area contributed by atoms with E-state index < -0.39 is 0 Å². The summed E-state index contributed by atoms with van der Waals surface area (Å²) in [6.45, 7) is 6.27. The van der Waals surface area contributed by atoms with Gasteiger partial charge in [-0.15, -0.1) is 0 Å². The van der Waals surface area contributed by atoms with Gasteiger partial charge in [-0.1, -0.05) is 6.92 Å². The fourth-order valence-corrected chi connectivity index (χ4v) is 2.97. The molecule has 2 aliphatic heterocycles. The van der Waals surface area contributed by atoms with Crippen LogP contribution in [0.4, 0.5) is 0 Å². The van der Waals surface area contributed by atoms with Crippen LogP contribution in [-0.2, 0) is 19.1 Å². The summed E-state index contributed by atoms with van der Waals surface area (Å²) in [6.07, 6.45) is 2.81. The third-order valence-electron chi connectivity index (χ3n) is 4.40. The molecular formula is C16H29N3O4. The number of likely N-dealkylation sites (tertiary alicyclic amines) is 1. The lowest BCUT2D eigenvalue weighted by Crippen LogP contribution is -2.46. The molecule has 0 bridgehead atoms. The molecule has 2 fully saturated rings. The first kappa shape index (κ1) is 18.2. The molecule has 0 aromatic heterocycles. The molecule has 0 saturated carbocycles. The Hall–Kier alpha value is -1.18. The number of hydrogen-bond acceptors (Lipinski definition) is 5. The van der Waals surface area contributed by atoms with Gasteiger partial charge in [0.05, 0.1) is 26.3 Å². The zero-order chi connectivity index (χ0) is 16.7. The highest BCUT2D eigenvalue weighted by atomic mass is 16.7. The van der Waals surface area contributed by atoms with E-state index in [-0.39, 0.29) is 24.6 Å². The van der Waals surface area contributed by atoms with Crippen molar-refractivity contribution in [2.75, 3.05) is 53.0 Å². The standard InChI is InChI=1S/C16H29N3O4/c1-3-6-17-14(20)11-18(2)15(21)12-19-7-4-13(5-8-19)16-22-9-10-23-16/h13,16H,3-12H2,1-2H3,(H,17,20). The van der Waals surface area contributed by atoms with E-state index in [0.29, 0.717) is 32.2 Å². The maximum Gasteiger partial charge on any atom is 0.239 e. The summed E-state index contributed by atoms with van der Waals surface area (Å²) >= 11 is 0. The number of carbonyl (C=O) groups is 2. The number of piperidine rings is 1. The van der Waals surface area contributed by atoms with Crippen molar-refractivity contribution < 1.29 is 19.1 Å². The van der Waals surface area contributed by atoms with Crippen molar-refractivity contribution in [3.8, 4) is 0 Å². The third-order valence-corrected chi connectivity index (χ3v) is 4.40. The van der Waals surface area contributed by atoms with E-state index >= 15 is 0 Å². The fourth-order valence-electron chi connectivity index (χ4n) is 2.97. The first-order chi connectivity index (χ1) is 11.1. The molecule has 0 atom stereocenters. The Labute approximate surface area is 138 Å². The summed E-state index contributed by atoms with van der Waals surface area (Å²) in [7, 11) is 1.68. The van der Waals surface area contributed by atoms with E-state index in [4.69, 9.17) is 9.47 Å². The maximum absolute atomic E-state index is 12.2. The Morgan fingerprint density at radius 3 is 2.48 bits per heavy atom. The number of ether oxygens (including phenoxy) is 2. The van der Waals surface area contributed by atoms with Gasteiger partial charge in [0, 0.05) is 19.5 Å². The van der Waals surface area contributed by atoms with Crippen LogP contribution in [0.15, 0.2) is 0 Å². The smallest absolute Gasteiger partial charge is 0.239 e. The number of rotatable bonds is 7. The summed E-state index contributed by atoms with van der Waals surface area (Å²) in [5, 5.41) is 2.78. The summed E-state index contributed by atoms with van der Waals surface area (Å²) in [5.41, 5.74) is 0. The minimum Gasteiger partial charge on any atom is -0.355 e. The second-order valence-electron chi connectivity index (χ2n) is 6.32. The molecule has 0 aromatic rings. The van der Waals surface area contributed by atoms with Gasteiger partial charge in [-0.2, -0.15) is 0 Å². The summed E-state index contributed by atoms with van der Waals surface area (Å²) < 4.78 is 11.1. The topological polar surface area (TPSA) is 71.1 Å². The number of hydrogen-bond donors (Lipinski definition) is 1. The molecule has 2 amide bonds. The normalized spacial score (nSPS) is 20.6. The lowest BCUT2D eigenvalue weighted by atomic mass is 9.96. The van der Waals surface area contributed by atoms with Crippen molar-refractivity contribution >= 4 is 11.8 Å². The molecule has 2 saturated heterocycles. The highest BCUT2D eigenvalue weighted by Gasteiger charge is 2.31. The quantitative estimate of drug-likeness (QED) is 0.716. The zero-order valence-corrected chi connectivity index (χ0v) is 14.3. The molecule has 7 nitrogen and oxygen atoms in total. The van der Waals surface area contributed by atoms with E-state index in [1.54, 1.807) is 7.05 Å². The van der Waals surface area contributed by atoms with Gasteiger partial charge < -0.3 is 19.7 Å². The van der Waals surface area contributed by atoms with Gasteiger partial charge in [0.15, 0.2) is 6.29 Å². The molecule has 132 valence electrons. The molecular weight excluding hydrogens is 298 g/mol. The van der Waals surface area contributed by atoms with E-state index in [2.05, 4.69) is 10.2 Å². The molecule has 0 aromatic carbocycles. The zero-order valence-electron chi connectivity index (χ0n) is 14.3. The second kappa shape index (κ2) is 9.20. The average Bonchev–Trinajstić information content (AvgIpc) is 3.08. The van der Waals surface area contributed by atoms with E-state index in [1.165, 1.54) is 4.90 Å². The van der Waals surface area contributed by atoms with Gasteiger partial charge in [-0.05, 0) is 32.4 Å². The van der Waals surface area contributed by atoms with Gasteiger partial charge >= 0.3 is 0 Å². The van der Waals surface area contributed by atoms with Gasteiger partial charge in [-0.25, -0.2) is 0 Å². The van der Waals surface area contributed by atoms with Gasteiger partial charge in [0.2, 0.25) is 11.8 Å². The molecule has 0 unspecified atom stereocenters. The largest absolute Gasteiger partial charge is 0.355 e. The molecule has 2 rings (SSSR count). The van der Waals surface area contributed by atoms with Crippen molar-refractivity contribution in [1.82, 2.24) is 15.1 Å². The van der Waals surface area contributed by atoms with E-state index in [1.807, 2.05) is 6.92 Å². The van der Waals surface area contributed by atoms with Crippen molar-refractivity contribution in [2.45, 2.75) is 32.5 Å². The molecule has 1 N–H and O–H groups in total. The van der Waals surface area contributed by atoms with Crippen molar-refractivity contribution in [2.24, 2.45) is 5.92 Å². The molecule has 2 heterocycles. The van der Waals surface area contributed by atoms with E-state index in [9.17, 15) is 9.59 Å². The number of carbonyl (C=O) groups excluding carboxylic acids is 2. The van der Waals surface area contributed by atoms with Crippen LogP contribution in [0.5, 0.6) is 0 Å². The number of likely N-dealkylation sites (N-methyl/N-ethyl adjacent to an activating group) is 1. The summed E-state index contributed by atoms with van der Waals surface area (Å²) in [5.74, 6) is 0.321. The Morgan fingerprint density at radius 2 is 1.87 bits per heavy atom. The average molecular weight is 327 g/mol. The van der Waals surface area contributed by atoms with Crippen molar-refractivity contribution in [3.63, 3.8) is 0 Å². The third kappa shape index (κ3) is 5.75. The minimum atomic E-state index is -0.100. The Morgan fingerprint density at radius 1 is 1.22 bits per heavy atom. The van der Waals surface area contributed by atoms with Crippen LogP contribution in [0.25, 0.3) is 0 Å². The molecule has 2 aliphatic rings. The number of nitrogens with zero attached hydrogens (tertiary/aromatic N) is 2. The minimum absolute atomic E-state index is 0.0107. The number of nitrogens with one attached hydrogen (secondary N) is 1. The van der Waals surface area contributed by atoms with Gasteiger partial charge in [-0.3, -0.25) is 14.5 Å². The van der Waals surface area contributed by atoms with Crippen LogP contribution in [0.2, 0.25) is 0 Å². The first-order valence-electron chi connectivity index (χ1n) is 8.56. The van der Waals surface area contributed by atoms with Gasteiger partial charge in [0.25, 0.3) is 0 Å². The van der Waals surface area contributed by atoms with Crippen molar-refractivity contribution in [3.05, 3.63) is 0 Å². The van der Waals surface area contributed by atoms with Crippen LogP contribution in [0, 0.1) is 5.92 Å². The Balaban J connectivity index is 1.66. The highest BCUT2D eigenvalue weighted by Crippen LogP contribution is 2.25. The first-order valence-corrected chi connectivity index (χ1v) is 8.56. The fraction of sp³-hybridized carbons (Fsp3) is 0.875. The van der Waals surface area contributed by atoms with Crippen LogP contribution >= 0.6 is 0 Å². The summed E-state index contributed by atoms with van der Waals surface area (Å²) in [6, 6.07) is 0. The predicted octanol–water partition coefficient (Wildman–Crippen LogP) is 0.0559. The molecule has 7 heteroatoms. The molecule has 23 heavy (non-hydrogen) atoms. The van der Waals surface area contributed by atoms with Crippen LogP contribution in [-0.4, -0.2) is 80.9 Å². The second-order valence-corrected chi connectivity index (χ2v) is 6.32. The summed E-state index contributed by atoms with van der Waals surface area (Å²) in [4.78, 5) is 27.5. The maximum atomic E-state index is 12.2. The predicted molar refractivity (Wildman–Crippen MR) is 85.8 cm³/mol. The Kier molecular flexibility index (Phi) is 7.26. The molecule has 0 radical (unpaired) electrons.